The molecule has 0 saturated heterocycles. The maximum atomic E-state index is 12.9. The molecule has 3 N–H and O–H groups in total. The van der Waals surface area contributed by atoms with Crippen molar-refractivity contribution >= 4 is 33.2 Å². The molecule has 3 aromatic carbocycles. The van der Waals surface area contributed by atoms with E-state index >= 15 is 0 Å². The molecule has 7 nitrogen and oxygen atoms in total. The number of aryl methyl sites for hydroxylation is 2. The molecule has 166 valence electrons. The van der Waals surface area contributed by atoms with Gasteiger partial charge in [-0.3, -0.25) is 14.3 Å². The van der Waals surface area contributed by atoms with Crippen LogP contribution in [0.5, 0.6) is 0 Å². The van der Waals surface area contributed by atoms with Crippen LogP contribution in [0.1, 0.15) is 16.7 Å². The first kappa shape index (κ1) is 23.0. The van der Waals surface area contributed by atoms with Crippen LogP contribution in [-0.4, -0.2) is 26.8 Å². The number of hydrogen-bond acceptors (Lipinski definition) is 4. The van der Waals surface area contributed by atoms with E-state index in [0.29, 0.717) is 16.9 Å². The third kappa shape index (κ3) is 6.42. The summed E-state index contributed by atoms with van der Waals surface area (Å²) in [4.78, 5) is 24.3. The van der Waals surface area contributed by atoms with Crippen molar-refractivity contribution in [3.63, 3.8) is 0 Å². The van der Waals surface area contributed by atoms with E-state index in [4.69, 9.17) is 0 Å². The lowest BCUT2D eigenvalue weighted by Crippen LogP contribution is -2.33. The Morgan fingerprint density at radius 2 is 1.56 bits per heavy atom. The summed E-state index contributed by atoms with van der Waals surface area (Å²) in [5.74, 6) is -0.730. The Balaban J connectivity index is 1.63. The van der Waals surface area contributed by atoms with E-state index in [9.17, 15) is 18.0 Å². The molecule has 0 fully saturated rings. The van der Waals surface area contributed by atoms with Gasteiger partial charge in [-0.25, -0.2) is 8.42 Å². The predicted molar refractivity (Wildman–Crippen MR) is 125 cm³/mol. The summed E-state index contributed by atoms with van der Waals surface area (Å²) in [6.07, 6.45) is 0.172. The number of nitrogens with one attached hydrogen (secondary N) is 3. The predicted octanol–water partition coefficient (Wildman–Crippen LogP) is 3.40. The number of sulfonamides is 1. The highest BCUT2D eigenvalue weighted by Gasteiger charge is 2.18. The van der Waals surface area contributed by atoms with Gasteiger partial charge in [-0.1, -0.05) is 48.5 Å². The van der Waals surface area contributed by atoms with E-state index in [1.165, 1.54) is 6.07 Å². The summed E-state index contributed by atoms with van der Waals surface area (Å²) >= 11 is 0. The van der Waals surface area contributed by atoms with Crippen molar-refractivity contribution in [2.75, 3.05) is 16.6 Å². The summed E-state index contributed by atoms with van der Waals surface area (Å²) < 4.78 is 28.3. The van der Waals surface area contributed by atoms with Gasteiger partial charge in [0.25, 0.3) is 10.0 Å². The van der Waals surface area contributed by atoms with Crippen LogP contribution in [0.4, 0.5) is 11.4 Å². The van der Waals surface area contributed by atoms with Gasteiger partial charge in [0.15, 0.2) is 0 Å². The molecular formula is C24H25N3O4S. The second-order valence-corrected chi connectivity index (χ2v) is 9.09. The van der Waals surface area contributed by atoms with Gasteiger partial charge < -0.3 is 10.6 Å². The molecule has 0 aliphatic carbocycles. The maximum absolute atomic E-state index is 12.9. The lowest BCUT2D eigenvalue weighted by atomic mass is 10.1. The molecule has 0 aliphatic rings. The van der Waals surface area contributed by atoms with E-state index in [0.717, 1.165) is 11.1 Å². The van der Waals surface area contributed by atoms with Crippen LogP contribution in [-0.2, 0) is 26.0 Å². The summed E-state index contributed by atoms with van der Waals surface area (Å²) in [5.41, 5.74) is 3.10. The van der Waals surface area contributed by atoms with Crippen LogP contribution < -0.4 is 15.4 Å². The van der Waals surface area contributed by atoms with Crippen LogP contribution in [0.15, 0.2) is 77.7 Å². The fraction of sp³-hybridized carbons (Fsp3) is 0.167. The van der Waals surface area contributed by atoms with E-state index in [1.54, 1.807) is 37.3 Å². The SMILES string of the molecule is Cc1cccc(NS(=O)(=O)c2cc(NC(=O)CNC(=O)Cc3ccccc3)ccc2C)c1. The zero-order valence-corrected chi connectivity index (χ0v) is 18.7. The van der Waals surface area contributed by atoms with Gasteiger partial charge in [0, 0.05) is 11.4 Å². The Hall–Kier alpha value is -3.65. The number of hydrogen-bond donors (Lipinski definition) is 3. The van der Waals surface area contributed by atoms with Crippen LogP contribution in [0.25, 0.3) is 0 Å². The number of carbonyl (C=O) groups excluding carboxylic acids is 2. The number of carbonyl (C=O) groups is 2. The molecular weight excluding hydrogens is 426 g/mol. The van der Waals surface area contributed by atoms with Crippen LogP contribution in [0.2, 0.25) is 0 Å². The van der Waals surface area contributed by atoms with Crippen molar-refractivity contribution in [3.05, 3.63) is 89.5 Å². The van der Waals surface area contributed by atoms with E-state index in [1.807, 2.05) is 43.3 Å². The molecule has 0 atom stereocenters. The molecule has 0 aromatic heterocycles. The summed E-state index contributed by atoms with van der Waals surface area (Å²) in [6, 6.07) is 20.9. The van der Waals surface area contributed by atoms with E-state index in [-0.39, 0.29) is 23.8 Å². The third-order valence-electron chi connectivity index (χ3n) is 4.69. The molecule has 0 saturated carbocycles. The van der Waals surface area contributed by atoms with Crippen LogP contribution in [0, 0.1) is 13.8 Å². The number of benzene rings is 3. The van der Waals surface area contributed by atoms with Gasteiger partial charge in [-0.05, 0) is 54.8 Å². The molecule has 32 heavy (non-hydrogen) atoms. The Morgan fingerprint density at radius 1 is 0.812 bits per heavy atom. The molecule has 0 spiro atoms. The van der Waals surface area contributed by atoms with Crippen LogP contribution in [0.3, 0.4) is 0 Å². The van der Waals surface area contributed by atoms with Crippen molar-refractivity contribution in [1.29, 1.82) is 0 Å². The van der Waals surface area contributed by atoms with Gasteiger partial charge in [-0.2, -0.15) is 0 Å². The highest BCUT2D eigenvalue weighted by molar-refractivity contribution is 7.92. The third-order valence-corrected chi connectivity index (χ3v) is 6.21. The van der Waals surface area contributed by atoms with Gasteiger partial charge >= 0.3 is 0 Å². The van der Waals surface area contributed by atoms with Gasteiger partial charge in [0.05, 0.1) is 17.9 Å². The number of rotatable bonds is 8. The zero-order chi connectivity index (χ0) is 23.1. The lowest BCUT2D eigenvalue weighted by molar-refractivity contribution is -0.123. The first-order valence-corrected chi connectivity index (χ1v) is 11.5. The Bertz CT molecular complexity index is 1230. The van der Waals surface area contributed by atoms with Gasteiger partial charge in [0.2, 0.25) is 11.8 Å². The van der Waals surface area contributed by atoms with Crippen LogP contribution >= 0.6 is 0 Å². The van der Waals surface area contributed by atoms with E-state index < -0.39 is 15.9 Å². The first-order valence-electron chi connectivity index (χ1n) is 10.0. The van der Waals surface area contributed by atoms with Crippen molar-refractivity contribution in [1.82, 2.24) is 5.32 Å². The van der Waals surface area contributed by atoms with Gasteiger partial charge in [0.1, 0.15) is 0 Å². The second-order valence-electron chi connectivity index (χ2n) is 7.44. The smallest absolute Gasteiger partial charge is 0.262 e. The highest BCUT2D eigenvalue weighted by Crippen LogP contribution is 2.23. The standard InChI is InChI=1S/C24H25N3O4S/c1-17-7-6-10-21(13-17)27-32(30,31)22-15-20(12-11-18(22)2)26-24(29)16-25-23(28)14-19-8-4-3-5-9-19/h3-13,15,27H,14,16H2,1-2H3,(H,25,28)(H,26,29). The summed E-state index contributed by atoms with van der Waals surface area (Å²) in [6.45, 7) is 3.33. The molecule has 3 rings (SSSR count). The van der Waals surface area contributed by atoms with Gasteiger partial charge in [-0.15, -0.1) is 0 Å². The molecule has 0 bridgehead atoms. The van der Waals surface area contributed by atoms with E-state index in [2.05, 4.69) is 15.4 Å². The highest BCUT2D eigenvalue weighted by atomic mass is 32.2. The molecule has 2 amide bonds. The minimum absolute atomic E-state index is 0.0601. The molecule has 8 heteroatoms. The Morgan fingerprint density at radius 3 is 2.28 bits per heavy atom. The summed E-state index contributed by atoms with van der Waals surface area (Å²) in [5, 5.41) is 5.19. The number of amides is 2. The fourth-order valence-corrected chi connectivity index (χ4v) is 4.44. The average molecular weight is 452 g/mol. The average Bonchev–Trinajstić information content (AvgIpc) is 2.74. The topological polar surface area (TPSA) is 104 Å². The second kappa shape index (κ2) is 10.1. The summed E-state index contributed by atoms with van der Waals surface area (Å²) in [7, 11) is -3.85. The zero-order valence-electron chi connectivity index (χ0n) is 17.9. The Labute approximate surface area is 187 Å². The minimum Gasteiger partial charge on any atom is -0.347 e. The van der Waals surface area contributed by atoms with Crippen molar-refractivity contribution in [3.8, 4) is 0 Å². The molecule has 0 heterocycles. The quantitative estimate of drug-likeness (QED) is 0.488. The van der Waals surface area contributed by atoms with Crippen molar-refractivity contribution in [2.24, 2.45) is 0 Å². The molecule has 3 aromatic rings. The molecule has 0 radical (unpaired) electrons. The monoisotopic (exact) mass is 451 g/mol. The molecule has 0 unspecified atom stereocenters. The first-order chi connectivity index (χ1) is 15.2. The largest absolute Gasteiger partial charge is 0.347 e. The maximum Gasteiger partial charge on any atom is 0.262 e. The van der Waals surface area contributed by atoms with Crippen molar-refractivity contribution < 1.29 is 18.0 Å². The van der Waals surface area contributed by atoms with Crippen molar-refractivity contribution in [2.45, 2.75) is 25.2 Å². The fourth-order valence-electron chi connectivity index (χ4n) is 3.11. The Kier molecular flexibility index (Phi) is 7.27. The normalized spacial score (nSPS) is 10.9. The number of anilines is 2. The molecule has 0 aliphatic heterocycles. The lowest BCUT2D eigenvalue weighted by Gasteiger charge is -2.13. The minimum atomic E-state index is -3.85.